The molecule has 1 saturated heterocycles. The molecule has 2 heterocycles. The van der Waals surface area contributed by atoms with Gasteiger partial charge in [-0.3, -0.25) is 4.79 Å². The molecule has 1 fully saturated rings. The Morgan fingerprint density at radius 2 is 2.14 bits per heavy atom. The minimum Gasteiger partial charge on any atom is -0.471 e. The summed E-state index contributed by atoms with van der Waals surface area (Å²) in [5.41, 5.74) is 1.13. The van der Waals surface area contributed by atoms with Gasteiger partial charge in [-0.1, -0.05) is 0 Å². The molecular formula is C16H14N4O2. The Labute approximate surface area is 128 Å². The van der Waals surface area contributed by atoms with Crippen molar-refractivity contribution in [3.8, 4) is 11.9 Å². The predicted octanol–water partition coefficient (Wildman–Crippen LogP) is 1.64. The minimum absolute atomic E-state index is 0.0465. The molecule has 6 heteroatoms. The standard InChI is InChI=1S/C16H14N4O2/c17-10-12-3-5-13(6-4-12)16(21)20-9-7-14(11-20)22-15-2-1-8-18-19-15/h1-6,8,14H,7,9,11H2/t14-/m1/s1. The Hall–Kier alpha value is -2.94. The van der Waals surface area contributed by atoms with Crippen LogP contribution in [0.25, 0.3) is 0 Å². The highest BCUT2D eigenvalue weighted by molar-refractivity contribution is 5.94. The van der Waals surface area contributed by atoms with E-state index in [0.717, 1.165) is 6.42 Å². The van der Waals surface area contributed by atoms with Crippen LogP contribution in [0.3, 0.4) is 0 Å². The summed E-state index contributed by atoms with van der Waals surface area (Å²) in [6.45, 7) is 1.17. The van der Waals surface area contributed by atoms with Crippen LogP contribution in [0.5, 0.6) is 5.88 Å². The van der Waals surface area contributed by atoms with E-state index in [1.807, 2.05) is 6.07 Å². The summed E-state index contributed by atoms with van der Waals surface area (Å²) in [6, 6.07) is 12.2. The highest BCUT2D eigenvalue weighted by Gasteiger charge is 2.28. The minimum atomic E-state index is -0.0703. The molecule has 1 amide bonds. The zero-order valence-electron chi connectivity index (χ0n) is 11.8. The van der Waals surface area contributed by atoms with Crippen molar-refractivity contribution in [3.63, 3.8) is 0 Å². The highest BCUT2D eigenvalue weighted by atomic mass is 16.5. The molecule has 1 aromatic heterocycles. The average molecular weight is 294 g/mol. The van der Waals surface area contributed by atoms with Crippen LogP contribution >= 0.6 is 0 Å². The van der Waals surface area contributed by atoms with Crippen molar-refractivity contribution in [2.45, 2.75) is 12.5 Å². The summed E-state index contributed by atoms with van der Waals surface area (Å²) in [5.74, 6) is 0.426. The van der Waals surface area contributed by atoms with Gasteiger partial charge in [-0.15, -0.1) is 5.10 Å². The molecule has 0 bridgehead atoms. The summed E-state index contributed by atoms with van der Waals surface area (Å²) >= 11 is 0. The van der Waals surface area contributed by atoms with E-state index < -0.39 is 0 Å². The zero-order chi connectivity index (χ0) is 15.4. The third-order valence-corrected chi connectivity index (χ3v) is 3.53. The zero-order valence-corrected chi connectivity index (χ0v) is 11.8. The topological polar surface area (TPSA) is 79.1 Å². The molecular weight excluding hydrogens is 280 g/mol. The fourth-order valence-electron chi connectivity index (χ4n) is 2.40. The van der Waals surface area contributed by atoms with Crippen LogP contribution in [0.15, 0.2) is 42.6 Å². The summed E-state index contributed by atoms with van der Waals surface area (Å²) in [4.78, 5) is 14.2. The van der Waals surface area contributed by atoms with E-state index >= 15 is 0 Å². The van der Waals surface area contributed by atoms with Crippen molar-refractivity contribution in [3.05, 3.63) is 53.7 Å². The van der Waals surface area contributed by atoms with Gasteiger partial charge in [0.1, 0.15) is 6.10 Å². The predicted molar refractivity (Wildman–Crippen MR) is 78.1 cm³/mol. The monoisotopic (exact) mass is 294 g/mol. The Bertz CT molecular complexity index is 694. The van der Waals surface area contributed by atoms with Crippen LogP contribution in [0.4, 0.5) is 0 Å². The number of likely N-dealkylation sites (tertiary alicyclic amines) is 1. The number of carbonyl (C=O) groups excluding carboxylic acids is 1. The molecule has 0 saturated carbocycles. The fourth-order valence-corrected chi connectivity index (χ4v) is 2.40. The summed E-state index contributed by atoms with van der Waals surface area (Å²) in [7, 11) is 0. The molecule has 0 unspecified atom stereocenters. The van der Waals surface area contributed by atoms with Crippen LogP contribution in [0.2, 0.25) is 0 Å². The normalized spacial score (nSPS) is 17.0. The lowest BCUT2D eigenvalue weighted by Gasteiger charge is -2.16. The van der Waals surface area contributed by atoms with Gasteiger partial charge >= 0.3 is 0 Å². The molecule has 6 nitrogen and oxygen atoms in total. The number of benzene rings is 1. The first-order valence-corrected chi connectivity index (χ1v) is 7.00. The van der Waals surface area contributed by atoms with Crippen molar-refractivity contribution in [1.82, 2.24) is 15.1 Å². The van der Waals surface area contributed by atoms with Gasteiger partial charge in [0.25, 0.3) is 5.91 Å². The second-order valence-corrected chi connectivity index (χ2v) is 5.03. The Morgan fingerprint density at radius 3 is 2.82 bits per heavy atom. The van der Waals surface area contributed by atoms with Gasteiger partial charge in [0.15, 0.2) is 0 Å². The largest absolute Gasteiger partial charge is 0.471 e. The average Bonchev–Trinajstić information content (AvgIpc) is 3.04. The first-order chi connectivity index (χ1) is 10.8. The van der Waals surface area contributed by atoms with Crippen LogP contribution in [0, 0.1) is 11.3 Å². The number of ether oxygens (including phenoxy) is 1. The maximum absolute atomic E-state index is 12.4. The van der Waals surface area contributed by atoms with E-state index in [0.29, 0.717) is 30.1 Å². The van der Waals surface area contributed by atoms with Crippen LogP contribution in [-0.2, 0) is 0 Å². The number of rotatable bonds is 3. The van der Waals surface area contributed by atoms with E-state index in [-0.39, 0.29) is 12.0 Å². The molecule has 0 N–H and O–H groups in total. The van der Waals surface area contributed by atoms with E-state index in [2.05, 4.69) is 10.2 Å². The smallest absolute Gasteiger partial charge is 0.253 e. The number of nitriles is 1. The molecule has 2 aromatic rings. The lowest BCUT2D eigenvalue weighted by molar-refractivity contribution is 0.0771. The molecule has 0 radical (unpaired) electrons. The van der Waals surface area contributed by atoms with Gasteiger partial charge in [-0.05, 0) is 30.3 Å². The number of hydrogen-bond donors (Lipinski definition) is 0. The first-order valence-electron chi connectivity index (χ1n) is 7.00. The third kappa shape index (κ3) is 3.04. The van der Waals surface area contributed by atoms with Crippen molar-refractivity contribution in [2.75, 3.05) is 13.1 Å². The summed E-state index contributed by atoms with van der Waals surface area (Å²) in [6.07, 6.45) is 2.28. The second kappa shape index (κ2) is 6.22. The molecule has 1 aliphatic rings. The first kappa shape index (κ1) is 14.0. The van der Waals surface area contributed by atoms with Crippen molar-refractivity contribution in [2.24, 2.45) is 0 Å². The Balaban J connectivity index is 1.62. The van der Waals surface area contributed by atoms with Crippen LogP contribution in [0.1, 0.15) is 22.3 Å². The molecule has 0 aliphatic carbocycles. The van der Waals surface area contributed by atoms with Gasteiger partial charge in [-0.25, -0.2) is 0 Å². The number of aromatic nitrogens is 2. The lowest BCUT2D eigenvalue weighted by atomic mass is 10.1. The molecule has 0 spiro atoms. The number of hydrogen-bond acceptors (Lipinski definition) is 5. The molecule has 110 valence electrons. The van der Waals surface area contributed by atoms with Crippen molar-refractivity contribution >= 4 is 5.91 Å². The fraction of sp³-hybridized carbons (Fsp3) is 0.250. The van der Waals surface area contributed by atoms with Gasteiger partial charge in [0, 0.05) is 30.8 Å². The third-order valence-electron chi connectivity index (χ3n) is 3.53. The van der Waals surface area contributed by atoms with E-state index in [4.69, 9.17) is 10.00 Å². The van der Waals surface area contributed by atoms with Crippen LogP contribution in [-0.4, -0.2) is 40.2 Å². The molecule has 22 heavy (non-hydrogen) atoms. The number of amides is 1. The lowest BCUT2D eigenvalue weighted by Crippen LogP contribution is -2.31. The van der Waals surface area contributed by atoms with Gasteiger partial charge < -0.3 is 9.64 Å². The summed E-state index contributed by atoms with van der Waals surface area (Å²) in [5, 5.41) is 16.4. The van der Waals surface area contributed by atoms with E-state index in [9.17, 15) is 4.79 Å². The van der Waals surface area contributed by atoms with E-state index in [1.165, 1.54) is 0 Å². The molecule has 1 aromatic carbocycles. The number of nitrogens with zero attached hydrogens (tertiary/aromatic N) is 4. The van der Waals surface area contributed by atoms with Gasteiger partial charge in [0.2, 0.25) is 5.88 Å². The maximum Gasteiger partial charge on any atom is 0.253 e. The van der Waals surface area contributed by atoms with Gasteiger partial charge in [0.05, 0.1) is 18.2 Å². The Kier molecular flexibility index (Phi) is 3.97. The van der Waals surface area contributed by atoms with E-state index in [1.54, 1.807) is 47.5 Å². The molecule has 3 rings (SSSR count). The van der Waals surface area contributed by atoms with Crippen molar-refractivity contribution in [1.29, 1.82) is 5.26 Å². The molecule has 1 atom stereocenters. The number of carbonyl (C=O) groups is 1. The maximum atomic E-state index is 12.4. The van der Waals surface area contributed by atoms with Gasteiger partial charge in [-0.2, -0.15) is 10.4 Å². The quantitative estimate of drug-likeness (QED) is 0.860. The SMILES string of the molecule is N#Cc1ccc(C(=O)N2CC[C@@H](Oc3cccnn3)C2)cc1. The Morgan fingerprint density at radius 1 is 1.32 bits per heavy atom. The second-order valence-electron chi connectivity index (χ2n) is 5.03. The van der Waals surface area contributed by atoms with Crippen LogP contribution < -0.4 is 4.74 Å². The highest BCUT2D eigenvalue weighted by Crippen LogP contribution is 2.18. The van der Waals surface area contributed by atoms with Crippen molar-refractivity contribution < 1.29 is 9.53 Å². The molecule has 1 aliphatic heterocycles. The summed E-state index contributed by atoms with van der Waals surface area (Å²) < 4.78 is 5.72.